The van der Waals surface area contributed by atoms with E-state index in [1.165, 1.54) is 25.5 Å². The van der Waals surface area contributed by atoms with Crippen LogP contribution in [0.25, 0.3) is 10.9 Å². The van der Waals surface area contributed by atoms with Crippen LogP contribution in [0.5, 0.6) is 0 Å². The summed E-state index contributed by atoms with van der Waals surface area (Å²) in [4.78, 5) is 19.9. The molecule has 4 N–H and O–H groups in total. The number of H-pyrrole nitrogens is 1. The molecule has 0 radical (unpaired) electrons. The molecule has 0 spiro atoms. The molecule has 2 aromatic heterocycles. The molecule has 0 aliphatic heterocycles. The largest absolute Gasteiger partial charge is 0.446 e. The van der Waals surface area contributed by atoms with Crippen LogP contribution >= 0.6 is 0 Å². The van der Waals surface area contributed by atoms with Crippen molar-refractivity contribution in [3.8, 4) is 0 Å². The molecule has 6 nitrogen and oxygen atoms in total. The molecule has 1 aliphatic rings. The number of nitrogens with one attached hydrogen (secondary N) is 2. The van der Waals surface area contributed by atoms with E-state index in [-0.39, 0.29) is 11.9 Å². The van der Waals surface area contributed by atoms with Crippen molar-refractivity contribution in [2.45, 2.75) is 50.6 Å². The molecule has 136 valence electrons. The van der Waals surface area contributed by atoms with E-state index < -0.39 is 6.04 Å². The Morgan fingerprint density at radius 2 is 2.12 bits per heavy atom. The van der Waals surface area contributed by atoms with E-state index in [1.807, 2.05) is 24.4 Å². The highest BCUT2D eigenvalue weighted by Crippen LogP contribution is 2.23. The van der Waals surface area contributed by atoms with E-state index in [1.54, 1.807) is 0 Å². The molecule has 3 aromatic rings. The number of para-hydroxylation sites is 1. The molecule has 1 aromatic carbocycles. The Morgan fingerprint density at radius 1 is 1.31 bits per heavy atom. The van der Waals surface area contributed by atoms with Gasteiger partial charge >= 0.3 is 0 Å². The van der Waals surface area contributed by atoms with Gasteiger partial charge in [0.1, 0.15) is 6.26 Å². The number of fused-ring (bicyclic) bond motifs is 1. The van der Waals surface area contributed by atoms with Crippen molar-refractivity contribution >= 4 is 16.8 Å². The number of carbonyl (C=O) groups excluding carboxylic acids is 1. The quantitative estimate of drug-likeness (QED) is 0.655. The SMILES string of the molecule is NC(Cc1c[nH]c2ccccc12)c1nc(C(=O)NC2CCCCC2)co1. The van der Waals surface area contributed by atoms with Gasteiger partial charge in [-0.05, 0) is 30.9 Å². The fraction of sp³-hybridized carbons (Fsp3) is 0.400. The zero-order chi connectivity index (χ0) is 17.9. The van der Waals surface area contributed by atoms with Crippen molar-refractivity contribution in [1.29, 1.82) is 0 Å². The van der Waals surface area contributed by atoms with Crippen LogP contribution < -0.4 is 11.1 Å². The number of aromatic nitrogens is 2. The summed E-state index contributed by atoms with van der Waals surface area (Å²) in [5, 5.41) is 4.19. The Labute approximate surface area is 152 Å². The maximum Gasteiger partial charge on any atom is 0.273 e. The molecule has 0 saturated heterocycles. The van der Waals surface area contributed by atoms with Crippen molar-refractivity contribution in [2.24, 2.45) is 5.73 Å². The Kier molecular flexibility index (Phi) is 4.75. The highest BCUT2D eigenvalue weighted by atomic mass is 16.3. The average molecular weight is 352 g/mol. The third-order valence-corrected chi connectivity index (χ3v) is 5.13. The molecule has 2 heterocycles. The summed E-state index contributed by atoms with van der Waals surface area (Å²) < 4.78 is 5.49. The van der Waals surface area contributed by atoms with Gasteiger partial charge in [-0.2, -0.15) is 0 Å². The normalized spacial score (nSPS) is 16.7. The Balaban J connectivity index is 1.42. The summed E-state index contributed by atoms with van der Waals surface area (Å²) in [6.07, 6.45) is 9.63. The number of nitrogens with two attached hydrogens (primary N) is 1. The van der Waals surface area contributed by atoms with E-state index in [0.717, 1.165) is 29.3 Å². The first-order chi connectivity index (χ1) is 12.7. The Morgan fingerprint density at radius 3 is 2.96 bits per heavy atom. The van der Waals surface area contributed by atoms with Gasteiger partial charge in [0, 0.05) is 23.1 Å². The second kappa shape index (κ2) is 7.33. The van der Waals surface area contributed by atoms with Gasteiger partial charge in [-0.1, -0.05) is 37.5 Å². The van der Waals surface area contributed by atoms with E-state index in [4.69, 9.17) is 10.2 Å². The number of rotatable bonds is 5. The summed E-state index contributed by atoms with van der Waals surface area (Å²) in [7, 11) is 0. The zero-order valence-corrected chi connectivity index (χ0v) is 14.7. The minimum atomic E-state index is -0.398. The highest BCUT2D eigenvalue weighted by molar-refractivity contribution is 5.92. The molecule has 1 fully saturated rings. The average Bonchev–Trinajstić information content (AvgIpc) is 3.30. The second-order valence-corrected chi connectivity index (χ2v) is 7.05. The molecule has 4 rings (SSSR count). The molecule has 6 heteroatoms. The van der Waals surface area contributed by atoms with Crippen LogP contribution in [-0.2, 0) is 6.42 Å². The standard InChI is InChI=1S/C20H24N4O2/c21-16(10-13-11-22-17-9-5-4-8-15(13)17)20-24-18(12-26-20)19(25)23-14-6-2-1-3-7-14/h4-5,8-9,11-12,14,16,22H,1-3,6-7,10,21H2,(H,23,25). The summed E-state index contributed by atoms with van der Waals surface area (Å²) >= 11 is 0. The van der Waals surface area contributed by atoms with Gasteiger partial charge in [0.05, 0.1) is 6.04 Å². The van der Waals surface area contributed by atoms with E-state index in [9.17, 15) is 4.79 Å². The number of carbonyl (C=O) groups is 1. The molecule has 1 atom stereocenters. The number of hydrogen-bond acceptors (Lipinski definition) is 4. The molecular weight excluding hydrogens is 328 g/mol. The van der Waals surface area contributed by atoms with Crippen molar-refractivity contribution in [3.05, 3.63) is 53.9 Å². The first-order valence-electron chi connectivity index (χ1n) is 9.27. The third kappa shape index (κ3) is 3.51. The smallest absolute Gasteiger partial charge is 0.273 e. The van der Waals surface area contributed by atoms with E-state index in [2.05, 4.69) is 21.4 Å². The van der Waals surface area contributed by atoms with Crippen molar-refractivity contribution in [3.63, 3.8) is 0 Å². The molecule has 0 bridgehead atoms. The van der Waals surface area contributed by atoms with Gasteiger partial charge < -0.3 is 20.5 Å². The molecule has 26 heavy (non-hydrogen) atoms. The predicted octanol–water partition coefficient (Wildman–Crippen LogP) is 3.46. The number of oxazole rings is 1. The van der Waals surface area contributed by atoms with E-state index in [0.29, 0.717) is 18.0 Å². The monoisotopic (exact) mass is 352 g/mol. The van der Waals surface area contributed by atoms with Crippen LogP contribution in [0.3, 0.4) is 0 Å². The first-order valence-corrected chi connectivity index (χ1v) is 9.27. The molecular formula is C20H24N4O2. The lowest BCUT2D eigenvalue weighted by Crippen LogP contribution is -2.36. The number of hydrogen-bond donors (Lipinski definition) is 3. The Hall–Kier alpha value is -2.60. The van der Waals surface area contributed by atoms with Crippen LogP contribution in [0.15, 0.2) is 41.1 Å². The van der Waals surface area contributed by atoms with E-state index >= 15 is 0 Å². The minimum absolute atomic E-state index is 0.175. The number of nitrogens with zero attached hydrogens (tertiary/aromatic N) is 1. The number of benzene rings is 1. The van der Waals surface area contributed by atoms with Crippen molar-refractivity contribution < 1.29 is 9.21 Å². The molecule has 1 aliphatic carbocycles. The van der Waals surface area contributed by atoms with Crippen LogP contribution in [0.2, 0.25) is 0 Å². The van der Waals surface area contributed by atoms with Gasteiger partial charge in [-0.3, -0.25) is 4.79 Å². The predicted molar refractivity (Wildman–Crippen MR) is 99.8 cm³/mol. The van der Waals surface area contributed by atoms with Gasteiger partial charge in [0.25, 0.3) is 5.91 Å². The first kappa shape index (κ1) is 16.8. The topological polar surface area (TPSA) is 96.9 Å². The summed E-state index contributed by atoms with van der Waals surface area (Å²) in [6.45, 7) is 0. The minimum Gasteiger partial charge on any atom is -0.446 e. The van der Waals surface area contributed by atoms with Crippen molar-refractivity contribution in [1.82, 2.24) is 15.3 Å². The summed E-state index contributed by atoms with van der Waals surface area (Å²) in [6, 6.07) is 7.94. The lowest BCUT2D eigenvalue weighted by atomic mass is 9.95. The van der Waals surface area contributed by atoms with Gasteiger partial charge in [-0.25, -0.2) is 4.98 Å². The van der Waals surface area contributed by atoms with Crippen molar-refractivity contribution in [2.75, 3.05) is 0 Å². The zero-order valence-electron chi connectivity index (χ0n) is 14.7. The fourth-order valence-electron chi connectivity index (χ4n) is 3.69. The lowest BCUT2D eigenvalue weighted by Gasteiger charge is -2.22. The van der Waals surface area contributed by atoms with Gasteiger partial charge in [0.15, 0.2) is 5.69 Å². The number of aromatic amines is 1. The molecule has 1 unspecified atom stereocenters. The Bertz CT molecular complexity index is 892. The second-order valence-electron chi connectivity index (χ2n) is 7.05. The van der Waals surface area contributed by atoms with Crippen LogP contribution in [0.4, 0.5) is 0 Å². The fourth-order valence-corrected chi connectivity index (χ4v) is 3.69. The summed E-state index contributed by atoms with van der Waals surface area (Å²) in [5.41, 5.74) is 8.77. The molecule has 1 saturated carbocycles. The van der Waals surface area contributed by atoms with Gasteiger partial charge in [0.2, 0.25) is 5.89 Å². The van der Waals surface area contributed by atoms with Crippen LogP contribution in [-0.4, -0.2) is 21.9 Å². The summed E-state index contributed by atoms with van der Waals surface area (Å²) in [5.74, 6) is 0.218. The third-order valence-electron chi connectivity index (χ3n) is 5.13. The van der Waals surface area contributed by atoms with Gasteiger partial charge in [-0.15, -0.1) is 0 Å². The maximum absolute atomic E-state index is 12.4. The molecule has 1 amide bonds. The maximum atomic E-state index is 12.4. The van der Waals surface area contributed by atoms with Crippen LogP contribution in [0.1, 0.15) is 60.1 Å². The lowest BCUT2D eigenvalue weighted by molar-refractivity contribution is 0.0922. The van der Waals surface area contributed by atoms with Crippen LogP contribution in [0, 0.1) is 0 Å². The highest BCUT2D eigenvalue weighted by Gasteiger charge is 2.21. The number of amides is 1.